The predicted molar refractivity (Wildman–Crippen MR) is 136 cm³/mol. The van der Waals surface area contributed by atoms with Crippen LogP contribution in [0.1, 0.15) is 24.4 Å². The predicted octanol–water partition coefficient (Wildman–Crippen LogP) is 2.27. The summed E-state index contributed by atoms with van der Waals surface area (Å²) in [6, 6.07) is 11.6. The van der Waals surface area contributed by atoms with Crippen molar-refractivity contribution in [2.45, 2.75) is 25.2 Å². The zero-order valence-corrected chi connectivity index (χ0v) is 22.0. The van der Waals surface area contributed by atoms with Crippen LogP contribution in [0.5, 0.6) is 17.4 Å². The van der Waals surface area contributed by atoms with E-state index in [-0.39, 0.29) is 40.5 Å². The van der Waals surface area contributed by atoms with Crippen molar-refractivity contribution >= 4 is 16.0 Å². The minimum Gasteiger partial charge on any atom is -0.506 e. The lowest BCUT2D eigenvalue weighted by molar-refractivity contribution is 0.0985. The van der Waals surface area contributed by atoms with E-state index in [1.165, 1.54) is 57.3 Å². The van der Waals surface area contributed by atoms with Crippen LogP contribution in [-0.2, 0) is 14.8 Å². The Bertz CT molecular complexity index is 1530. The number of phenols is 1. The highest BCUT2D eigenvalue weighted by atomic mass is 32.2. The number of ether oxygens (including phenoxy) is 3. The molecule has 1 aromatic carbocycles. The lowest BCUT2D eigenvalue weighted by atomic mass is 10.2. The molecule has 0 saturated carbocycles. The standard InChI is InChI=1S/C24H25N7O6S/c1-14-12-26-17(13-25-14)22(37-5)15(2)38(33,34)30-24-29-28-23(16-8-6-11-20(27-16)36-4)31(24)21-18(32)9-7-10-19(21)35-3/h7,9-13,15,22,32H,1-5H3,(H,29,30)/t15-,22-/m1/s1. The van der Waals surface area contributed by atoms with Gasteiger partial charge in [0.05, 0.1) is 37.9 Å². The van der Waals surface area contributed by atoms with Gasteiger partial charge in [0.25, 0.3) is 0 Å². The summed E-state index contributed by atoms with van der Waals surface area (Å²) in [5.74, 6) is 0.00884. The monoisotopic (exact) mass is 539 g/mol. The number of rotatable bonds is 10. The number of aromatic nitrogens is 6. The molecule has 3 heterocycles. The van der Waals surface area contributed by atoms with Gasteiger partial charge in [-0.1, -0.05) is 12.1 Å². The maximum absolute atomic E-state index is 13.5. The van der Waals surface area contributed by atoms with Crippen molar-refractivity contribution in [3.63, 3.8) is 0 Å². The first kappa shape index (κ1) is 26.6. The number of hydrogen-bond donors (Lipinski definition) is 2. The van der Waals surface area contributed by atoms with E-state index in [1.807, 2.05) is 0 Å². The third-order valence-corrected chi connectivity index (χ3v) is 7.30. The van der Waals surface area contributed by atoms with Crippen molar-refractivity contribution in [2.24, 2.45) is 0 Å². The van der Waals surface area contributed by atoms with Crippen LogP contribution in [0.4, 0.5) is 5.95 Å². The maximum atomic E-state index is 13.5. The van der Waals surface area contributed by atoms with Gasteiger partial charge in [0, 0.05) is 13.3 Å². The molecule has 2 atom stereocenters. The van der Waals surface area contributed by atoms with Gasteiger partial charge in [0.15, 0.2) is 11.5 Å². The molecule has 0 aliphatic heterocycles. The molecule has 0 unspecified atom stereocenters. The highest BCUT2D eigenvalue weighted by Gasteiger charge is 2.34. The Morgan fingerprint density at radius 1 is 1.11 bits per heavy atom. The molecule has 14 heteroatoms. The van der Waals surface area contributed by atoms with Crippen LogP contribution < -0.4 is 14.2 Å². The summed E-state index contributed by atoms with van der Waals surface area (Å²) in [5, 5.41) is 17.8. The number of hydrogen-bond acceptors (Lipinski definition) is 11. The Labute approximate surface area is 219 Å². The van der Waals surface area contributed by atoms with Gasteiger partial charge < -0.3 is 19.3 Å². The van der Waals surface area contributed by atoms with E-state index >= 15 is 0 Å². The van der Waals surface area contributed by atoms with Crippen molar-refractivity contribution in [1.82, 2.24) is 29.7 Å². The van der Waals surface area contributed by atoms with Crippen molar-refractivity contribution in [2.75, 3.05) is 26.1 Å². The van der Waals surface area contributed by atoms with Gasteiger partial charge >= 0.3 is 0 Å². The number of nitrogens with zero attached hydrogens (tertiary/aromatic N) is 6. The fraction of sp³-hybridized carbons (Fsp3) is 0.292. The molecule has 4 rings (SSSR count). The zero-order valence-electron chi connectivity index (χ0n) is 21.2. The summed E-state index contributed by atoms with van der Waals surface area (Å²) >= 11 is 0. The Hall–Kier alpha value is -4.48. The second kappa shape index (κ2) is 10.9. The molecule has 13 nitrogen and oxygen atoms in total. The van der Waals surface area contributed by atoms with Gasteiger partial charge in [0.1, 0.15) is 28.5 Å². The van der Waals surface area contributed by atoms with Crippen LogP contribution in [-0.4, -0.2) is 69.8 Å². The van der Waals surface area contributed by atoms with Crippen LogP contribution in [0.25, 0.3) is 17.2 Å². The molecule has 0 aliphatic rings. The van der Waals surface area contributed by atoms with Crippen LogP contribution >= 0.6 is 0 Å². The second-order valence-electron chi connectivity index (χ2n) is 8.02. The van der Waals surface area contributed by atoms with E-state index in [2.05, 4.69) is 42.0 Å². The van der Waals surface area contributed by atoms with Gasteiger partial charge in [-0.3, -0.25) is 19.3 Å². The number of nitrogens with one attached hydrogen (secondary N) is 1. The average Bonchev–Trinajstić information content (AvgIpc) is 3.32. The van der Waals surface area contributed by atoms with Crippen LogP contribution in [0.3, 0.4) is 0 Å². The number of phenolic OH excluding ortho intramolecular Hbond substituents is 1. The SMILES string of the molecule is COc1cc#cc(-c2nnc(NS(=O)(=O)[C@H](C)[C@@H](OC)c3cnc(C)cn3)n2-c2c(O)cccc2OC)n1. The second-order valence-corrected chi connectivity index (χ2v) is 10.1. The summed E-state index contributed by atoms with van der Waals surface area (Å²) in [5.41, 5.74) is 1.22. The van der Waals surface area contributed by atoms with E-state index < -0.39 is 21.4 Å². The molecule has 0 bridgehead atoms. The smallest absolute Gasteiger partial charge is 0.243 e. The Morgan fingerprint density at radius 2 is 1.89 bits per heavy atom. The lowest BCUT2D eigenvalue weighted by Gasteiger charge is -2.23. The van der Waals surface area contributed by atoms with E-state index in [1.54, 1.807) is 19.1 Å². The third kappa shape index (κ3) is 5.15. The first-order chi connectivity index (χ1) is 18.2. The molecule has 198 valence electrons. The number of methoxy groups -OCH3 is 3. The Morgan fingerprint density at radius 3 is 2.55 bits per heavy atom. The molecular formula is C24H25N7O6S. The molecule has 0 fully saturated rings. The number of benzene rings is 1. The number of aryl methyl sites for hydroxylation is 1. The van der Waals surface area contributed by atoms with Gasteiger partial charge in [-0.05, 0) is 32.0 Å². The summed E-state index contributed by atoms with van der Waals surface area (Å²) < 4.78 is 46.9. The summed E-state index contributed by atoms with van der Waals surface area (Å²) in [6.07, 6.45) is 2.04. The van der Waals surface area contributed by atoms with E-state index in [9.17, 15) is 13.5 Å². The third-order valence-electron chi connectivity index (χ3n) is 5.61. The first-order valence-corrected chi connectivity index (χ1v) is 12.7. The number of sulfonamides is 1. The molecule has 0 amide bonds. The molecule has 4 aromatic rings. The normalized spacial score (nSPS) is 12.9. The van der Waals surface area contributed by atoms with Crippen molar-refractivity contribution < 1.29 is 27.7 Å². The Kier molecular flexibility index (Phi) is 7.60. The summed E-state index contributed by atoms with van der Waals surface area (Å²) in [7, 11) is 0.0416. The van der Waals surface area contributed by atoms with Crippen LogP contribution in [0.15, 0.2) is 36.7 Å². The molecule has 38 heavy (non-hydrogen) atoms. The van der Waals surface area contributed by atoms with Gasteiger partial charge in [0.2, 0.25) is 21.9 Å². The van der Waals surface area contributed by atoms with Gasteiger partial charge in [-0.2, -0.15) is 0 Å². The van der Waals surface area contributed by atoms with Gasteiger partial charge in [-0.25, -0.2) is 13.4 Å². The largest absolute Gasteiger partial charge is 0.506 e. The zero-order chi connectivity index (χ0) is 27.4. The molecule has 2 N–H and O–H groups in total. The Balaban J connectivity index is 1.83. The highest BCUT2D eigenvalue weighted by molar-refractivity contribution is 7.93. The summed E-state index contributed by atoms with van der Waals surface area (Å²) in [4.78, 5) is 12.7. The fourth-order valence-corrected chi connectivity index (χ4v) is 4.80. The van der Waals surface area contributed by atoms with Crippen LogP contribution in [0, 0.1) is 19.1 Å². The average molecular weight is 540 g/mol. The van der Waals surface area contributed by atoms with Crippen LogP contribution in [0.2, 0.25) is 0 Å². The highest BCUT2D eigenvalue weighted by Crippen LogP contribution is 2.37. The van der Waals surface area contributed by atoms with Crippen molar-refractivity contribution in [3.05, 3.63) is 60.2 Å². The van der Waals surface area contributed by atoms with Crippen molar-refractivity contribution in [1.29, 1.82) is 0 Å². The number of aromatic hydroxyl groups is 1. The van der Waals surface area contributed by atoms with Gasteiger partial charge in [-0.15, -0.1) is 10.2 Å². The minimum absolute atomic E-state index is 0.0398. The molecular weight excluding hydrogens is 514 g/mol. The molecule has 0 aliphatic carbocycles. The first-order valence-electron chi connectivity index (χ1n) is 11.2. The molecule has 0 saturated heterocycles. The molecule has 0 radical (unpaired) electrons. The fourth-order valence-electron chi connectivity index (χ4n) is 3.65. The van der Waals surface area contributed by atoms with E-state index in [0.29, 0.717) is 11.4 Å². The van der Waals surface area contributed by atoms with Crippen molar-refractivity contribution in [3.8, 4) is 34.6 Å². The molecule has 0 spiro atoms. The quantitative estimate of drug-likeness (QED) is 0.304. The lowest BCUT2D eigenvalue weighted by Crippen LogP contribution is -2.33. The minimum atomic E-state index is -4.18. The molecule has 3 aromatic heterocycles. The number of anilines is 1. The number of para-hydroxylation sites is 1. The van der Waals surface area contributed by atoms with E-state index in [4.69, 9.17) is 14.2 Å². The topological polar surface area (TPSA) is 163 Å². The maximum Gasteiger partial charge on any atom is 0.243 e. The summed E-state index contributed by atoms with van der Waals surface area (Å²) in [6.45, 7) is 3.23. The van der Waals surface area contributed by atoms with E-state index in [0.717, 1.165) is 0 Å².